The molecule has 16 heteroatoms. The number of benzene rings is 2. The van der Waals surface area contributed by atoms with Crippen LogP contribution in [0.3, 0.4) is 0 Å². The average Bonchev–Trinajstić information content (AvgIpc) is 3.60. The Labute approximate surface area is 265 Å². The Morgan fingerprint density at radius 3 is 2.06 bits per heavy atom. The molecule has 0 saturated carbocycles. The zero-order valence-corrected chi connectivity index (χ0v) is 24.6. The molecule has 0 aliphatic carbocycles. The largest absolute Gasteiger partial charge is 0.478 e. The SMILES string of the molecule is Cc1ccc(-n2ccnc2)nn1.O=CNc1cc(CCCc2cc(NC(=O)c3cccnn3)c(C(=O)O)cc2F)c(F)cc1C(=O)O. The molecule has 2 aromatic carbocycles. The van der Waals surface area contributed by atoms with Gasteiger partial charge in [-0.25, -0.2) is 23.4 Å². The minimum Gasteiger partial charge on any atom is -0.478 e. The first kappa shape index (κ1) is 33.4. The number of aryl methyl sites for hydroxylation is 3. The van der Waals surface area contributed by atoms with Gasteiger partial charge in [-0.1, -0.05) is 0 Å². The van der Waals surface area contributed by atoms with Gasteiger partial charge in [-0.15, -0.1) is 10.2 Å². The van der Waals surface area contributed by atoms with Gasteiger partial charge in [-0.2, -0.15) is 10.2 Å². The molecule has 2 amide bonds. The summed E-state index contributed by atoms with van der Waals surface area (Å²) < 4.78 is 30.8. The number of carbonyl (C=O) groups is 4. The molecule has 240 valence electrons. The summed E-state index contributed by atoms with van der Waals surface area (Å²) in [6.45, 7) is 1.91. The highest BCUT2D eigenvalue weighted by Crippen LogP contribution is 2.25. The first-order valence-electron chi connectivity index (χ1n) is 13.8. The van der Waals surface area contributed by atoms with E-state index < -0.39 is 40.6 Å². The number of amides is 2. The second-order valence-electron chi connectivity index (χ2n) is 9.77. The van der Waals surface area contributed by atoms with Gasteiger partial charge in [-0.05, 0) is 85.8 Å². The number of carboxylic acids is 2. The highest BCUT2D eigenvalue weighted by Gasteiger charge is 2.19. The highest BCUT2D eigenvalue weighted by atomic mass is 19.1. The van der Waals surface area contributed by atoms with Crippen molar-refractivity contribution in [1.29, 1.82) is 0 Å². The van der Waals surface area contributed by atoms with E-state index in [1.165, 1.54) is 30.5 Å². The third-order valence-electron chi connectivity index (χ3n) is 6.55. The molecule has 5 aromatic rings. The number of nitrogens with zero attached hydrogens (tertiary/aromatic N) is 6. The Kier molecular flexibility index (Phi) is 11.0. The summed E-state index contributed by atoms with van der Waals surface area (Å²) in [5.74, 6) is -4.47. The number of rotatable bonds is 11. The van der Waals surface area contributed by atoms with E-state index in [2.05, 4.69) is 36.0 Å². The van der Waals surface area contributed by atoms with Crippen molar-refractivity contribution in [2.75, 3.05) is 10.6 Å². The molecule has 0 aliphatic rings. The Morgan fingerprint density at radius 2 is 1.53 bits per heavy atom. The van der Waals surface area contributed by atoms with Gasteiger partial charge in [0.05, 0.1) is 28.2 Å². The van der Waals surface area contributed by atoms with Crippen LogP contribution in [0.2, 0.25) is 0 Å². The molecule has 3 aromatic heterocycles. The number of imidazole rings is 1. The Morgan fingerprint density at radius 1 is 0.872 bits per heavy atom. The lowest BCUT2D eigenvalue weighted by molar-refractivity contribution is -0.105. The lowest BCUT2D eigenvalue weighted by Crippen LogP contribution is -2.17. The van der Waals surface area contributed by atoms with Crippen molar-refractivity contribution < 1.29 is 38.2 Å². The van der Waals surface area contributed by atoms with Gasteiger partial charge in [0.25, 0.3) is 5.91 Å². The van der Waals surface area contributed by atoms with E-state index in [4.69, 9.17) is 5.11 Å². The smallest absolute Gasteiger partial charge is 0.337 e. The third kappa shape index (κ3) is 8.81. The molecule has 5 rings (SSSR count). The molecule has 0 atom stereocenters. The molecule has 4 N–H and O–H groups in total. The lowest BCUT2D eigenvalue weighted by atomic mass is 9.99. The minimum absolute atomic E-state index is 0.0380. The summed E-state index contributed by atoms with van der Waals surface area (Å²) in [6, 6.07) is 10.6. The maximum atomic E-state index is 14.6. The standard InChI is InChI=1S/C23H18F2N4O6.C8H8N4/c24-16-9-14(22(32)33)19(26-11-30)7-12(16)3-1-4-13-8-20(15(23(34)35)10-17(13)25)28-21(31)18-5-2-6-27-29-18;1-7-2-3-8(11-10-7)12-5-4-9-6-12/h2,5-11H,1,3-4H2,(H,26,30)(H,28,31)(H,32,33)(H,34,35);2-6H,1H3. The van der Waals surface area contributed by atoms with Gasteiger partial charge >= 0.3 is 11.9 Å². The number of aromatic carboxylic acids is 2. The Bertz CT molecular complexity index is 1890. The van der Waals surface area contributed by atoms with Gasteiger partial charge in [0.2, 0.25) is 6.41 Å². The highest BCUT2D eigenvalue weighted by molar-refractivity contribution is 6.06. The molecule has 0 spiro atoms. The molecular formula is C31H26F2N8O6. The predicted molar refractivity (Wildman–Crippen MR) is 162 cm³/mol. The van der Waals surface area contributed by atoms with Crippen LogP contribution in [-0.4, -0.2) is 64.4 Å². The van der Waals surface area contributed by atoms with Crippen molar-refractivity contribution in [2.24, 2.45) is 0 Å². The quantitative estimate of drug-likeness (QED) is 0.151. The number of halogens is 2. The Hall–Kier alpha value is -6.45. The second-order valence-corrected chi connectivity index (χ2v) is 9.77. The van der Waals surface area contributed by atoms with E-state index in [9.17, 15) is 33.1 Å². The van der Waals surface area contributed by atoms with Crippen molar-refractivity contribution >= 4 is 35.6 Å². The topological polar surface area (TPSA) is 202 Å². The van der Waals surface area contributed by atoms with E-state index in [0.717, 1.165) is 23.6 Å². The minimum atomic E-state index is -1.46. The van der Waals surface area contributed by atoms with Crippen LogP contribution in [0, 0.1) is 18.6 Å². The van der Waals surface area contributed by atoms with E-state index in [1.54, 1.807) is 12.5 Å². The van der Waals surface area contributed by atoms with Crippen LogP contribution in [0.5, 0.6) is 0 Å². The van der Waals surface area contributed by atoms with E-state index in [0.29, 0.717) is 0 Å². The summed E-state index contributed by atoms with van der Waals surface area (Å²) in [4.78, 5) is 49.8. The number of aromatic nitrogens is 6. The Balaban J connectivity index is 0.000000345. The van der Waals surface area contributed by atoms with Gasteiger partial charge in [0.1, 0.15) is 18.0 Å². The number of nitrogens with one attached hydrogen (secondary N) is 2. The molecular weight excluding hydrogens is 618 g/mol. The summed E-state index contributed by atoms with van der Waals surface area (Å²) >= 11 is 0. The number of anilines is 2. The number of hydrogen-bond acceptors (Lipinski definition) is 9. The molecule has 0 saturated heterocycles. The molecule has 0 unspecified atom stereocenters. The lowest BCUT2D eigenvalue weighted by Gasteiger charge is -2.13. The molecule has 0 radical (unpaired) electrons. The van der Waals surface area contributed by atoms with Crippen LogP contribution in [0.4, 0.5) is 20.2 Å². The predicted octanol–water partition coefficient (Wildman–Crippen LogP) is 4.12. The molecule has 3 heterocycles. The van der Waals surface area contributed by atoms with Crippen molar-refractivity contribution in [2.45, 2.75) is 26.2 Å². The first-order chi connectivity index (χ1) is 22.6. The van der Waals surface area contributed by atoms with Crippen LogP contribution >= 0.6 is 0 Å². The zero-order chi connectivity index (χ0) is 33.9. The van der Waals surface area contributed by atoms with Crippen LogP contribution in [0.25, 0.3) is 5.82 Å². The van der Waals surface area contributed by atoms with Gasteiger partial charge in [-0.3, -0.25) is 14.2 Å². The van der Waals surface area contributed by atoms with Crippen molar-refractivity contribution in [3.05, 3.63) is 119 Å². The van der Waals surface area contributed by atoms with Gasteiger partial charge in [0.15, 0.2) is 11.5 Å². The summed E-state index contributed by atoms with van der Waals surface area (Å²) in [5.41, 5.74) is -0.126. The number of carboxylic acid groups (broad SMARTS) is 2. The van der Waals surface area contributed by atoms with Crippen LogP contribution in [-0.2, 0) is 17.6 Å². The van der Waals surface area contributed by atoms with Crippen LogP contribution < -0.4 is 10.6 Å². The number of carbonyl (C=O) groups excluding carboxylic acids is 2. The second kappa shape index (κ2) is 15.5. The fourth-order valence-corrected chi connectivity index (χ4v) is 4.26. The molecule has 0 aliphatic heterocycles. The van der Waals surface area contributed by atoms with Gasteiger partial charge < -0.3 is 20.8 Å². The van der Waals surface area contributed by atoms with Gasteiger partial charge in [0, 0.05) is 18.6 Å². The van der Waals surface area contributed by atoms with Crippen molar-refractivity contribution in [3.63, 3.8) is 0 Å². The van der Waals surface area contributed by atoms with Crippen LogP contribution in [0.15, 0.2) is 73.4 Å². The maximum Gasteiger partial charge on any atom is 0.337 e. The molecule has 0 bridgehead atoms. The molecule has 0 fully saturated rings. The van der Waals surface area contributed by atoms with E-state index in [-0.39, 0.29) is 53.9 Å². The number of hydrogen-bond donors (Lipinski definition) is 4. The average molecular weight is 645 g/mol. The maximum absolute atomic E-state index is 14.6. The molecule has 14 nitrogen and oxygen atoms in total. The molecule has 47 heavy (non-hydrogen) atoms. The normalized spacial score (nSPS) is 10.4. The van der Waals surface area contributed by atoms with Crippen molar-refractivity contribution in [3.8, 4) is 5.82 Å². The van der Waals surface area contributed by atoms with E-state index in [1.807, 2.05) is 29.8 Å². The zero-order valence-electron chi connectivity index (χ0n) is 24.6. The summed E-state index contributed by atoms with van der Waals surface area (Å²) in [7, 11) is 0. The summed E-state index contributed by atoms with van der Waals surface area (Å²) in [6.07, 6.45) is 7.13. The van der Waals surface area contributed by atoms with Crippen molar-refractivity contribution in [1.82, 2.24) is 29.9 Å². The van der Waals surface area contributed by atoms with E-state index >= 15 is 0 Å². The monoisotopic (exact) mass is 644 g/mol. The summed E-state index contributed by atoms with van der Waals surface area (Å²) in [5, 5.41) is 38.3. The fourth-order valence-electron chi connectivity index (χ4n) is 4.26. The first-order valence-corrected chi connectivity index (χ1v) is 13.8. The fraction of sp³-hybridized carbons (Fsp3) is 0.129. The third-order valence-corrected chi connectivity index (χ3v) is 6.55. The van der Waals surface area contributed by atoms with Crippen LogP contribution in [0.1, 0.15) is 54.4 Å².